The molecule has 4 rings (SSSR count). The lowest BCUT2D eigenvalue weighted by molar-refractivity contribution is -0.0586. The molecule has 1 aliphatic rings. The molecule has 2 atom stereocenters. The van der Waals surface area contributed by atoms with Crippen LogP contribution in [0.25, 0.3) is 21.7 Å². The van der Waals surface area contributed by atoms with Crippen molar-refractivity contribution in [2.24, 2.45) is 5.14 Å². The molecular weight excluding hydrogens is 482 g/mol. The molecular formula is C23H24ClN3O4S2. The minimum absolute atomic E-state index is 0.0544. The van der Waals surface area contributed by atoms with Crippen molar-refractivity contribution < 1.29 is 17.9 Å². The third-order valence-electron chi connectivity index (χ3n) is 5.38. The van der Waals surface area contributed by atoms with E-state index in [2.05, 4.69) is 0 Å². The molecule has 2 N–H and O–H groups in total. The van der Waals surface area contributed by atoms with Gasteiger partial charge in [0.15, 0.2) is 5.01 Å². The van der Waals surface area contributed by atoms with Crippen LogP contribution in [0.4, 0.5) is 0 Å². The number of aromatic nitrogens is 1. The van der Waals surface area contributed by atoms with Crippen molar-refractivity contribution in [3.05, 3.63) is 58.1 Å². The van der Waals surface area contributed by atoms with Gasteiger partial charge in [0.05, 0.1) is 27.7 Å². The van der Waals surface area contributed by atoms with Gasteiger partial charge in [0, 0.05) is 23.7 Å². The van der Waals surface area contributed by atoms with E-state index < -0.39 is 10.0 Å². The number of hydrogen-bond acceptors (Lipinski definition) is 6. The highest BCUT2D eigenvalue weighted by atomic mass is 35.5. The van der Waals surface area contributed by atoms with Crippen molar-refractivity contribution in [1.29, 1.82) is 0 Å². The molecule has 10 heteroatoms. The second-order valence-corrected chi connectivity index (χ2v) is 11.2. The van der Waals surface area contributed by atoms with Crippen molar-refractivity contribution in [1.82, 2.24) is 9.88 Å². The molecule has 2 aromatic carbocycles. The molecule has 1 aliphatic heterocycles. The van der Waals surface area contributed by atoms with E-state index >= 15 is 0 Å². The maximum absolute atomic E-state index is 13.3. The summed E-state index contributed by atoms with van der Waals surface area (Å²) in [6.45, 7) is 6.57. The van der Waals surface area contributed by atoms with Gasteiger partial charge in [-0.2, -0.15) is 0 Å². The lowest BCUT2D eigenvalue weighted by Crippen LogP contribution is -2.48. The molecule has 1 aromatic heterocycles. The Hall–Kier alpha value is -2.30. The van der Waals surface area contributed by atoms with Gasteiger partial charge >= 0.3 is 0 Å². The SMILES string of the molecule is Cc1cc(-c2sc(C(=O)N3C[C@@H](C)O[C@@H](C)C3)nc2-c2ccc(Cl)cc2)ccc1S(N)(=O)=O. The maximum atomic E-state index is 13.3. The molecule has 3 aromatic rings. The number of sulfonamides is 1. The lowest BCUT2D eigenvalue weighted by Gasteiger charge is -2.34. The Morgan fingerprint density at radius 1 is 1.12 bits per heavy atom. The maximum Gasteiger partial charge on any atom is 0.283 e. The zero-order chi connectivity index (χ0) is 23.9. The van der Waals surface area contributed by atoms with E-state index in [0.29, 0.717) is 34.4 Å². The van der Waals surface area contributed by atoms with E-state index in [9.17, 15) is 13.2 Å². The van der Waals surface area contributed by atoms with E-state index in [0.717, 1.165) is 16.0 Å². The van der Waals surface area contributed by atoms with Crippen molar-refractivity contribution in [3.8, 4) is 21.7 Å². The number of aryl methyl sites for hydroxylation is 1. The summed E-state index contributed by atoms with van der Waals surface area (Å²) in [4.78, 5) is 20.6. The number of nitrogens with two attached hydrogens (primary N) is 1. The lowest BCUT2D eigenvalue weighted by atomic mass is 10.1. The molecule has 0 unspecified atom stereocenters. The molecule has 0 aliphatic carbocycles. The monoisotopic (exact) mass is 505 g/mol. The smallest absolute Gasteiger partial charge is 0.283 e. The Kier molecular flexibility index (Phi) is 6.61. The normalized spacial score (nSPS) is 19.0. The number of halogens is 1. The number of nitrogens with zero attached hydrogens (tertiary/aromatic N) is 2. The number of primary sulfonamides is 1. The minimum Gasteiger partial charge on any atom is -0.372 e. The van der Waals surface area contributed by atoms with Crippen molar-refractivity contribution in [2.45, 2.75) is 37.9 Å². The fourth-order valence-corrected chi connectivity index (χ4v) is 5.94. The molecule has 0 saturated carbocycles. The summed E-state index contributed by atoms with van der Waals surface area (Å²) in [6.07, 6.45) is -0.109. The van der Waals surface area contributed by atoms with Crippen molar-refractivity contribution >= 4 is 38.9 Å². The van der Waals surface area contributed by atoms with Gasteiger partial charge in [-0.25, -0.2) is 18.5 Å². The third kappa shape index (κ3) is 5.12. The summed E-state index contributed by atoms with van der Waals surface area (Å²) < 4.78 is 29.4. The first kappa shape index (κ1) is 23.8. The summed E-state index contributed by atoms with van der Waals surface area (Å²) in [6, 6.07) is 12.1. The average Bonchev–Trinajstić information content (AvgIpc) is 3.17. The van der Waals surface area contributed by atoms with Crippen LogP contribution >= 0.6 is 22.9 Å². The number of benzene rings is 2. The van der Waals surface area contributed by atoms with E-state index in [1.54, 1.807) is 36.1 Å². The third-order valence-corrected chi connectivity index (χ3v) is 7.79. The fraction of sp³-hybridized carbons (Fsp3) is 0.304. The van der Waals surface area contributed by atoms with E-state index in [1.807, 2.05) is 26.0 Å². The van der Waals surface area contributed by atoms with E-state index in [4.69, 9.17) is 26.5 Å². The summed E-state index contributed by atoms with van der Waals surface area (Å²) in [7, 11) is -3.83. The van der Waals surface area contributed by atoms with Gasteiger partial charge < -0.3 is 9.64 Å². The number of hydrogen-bond donors (Lipinski definition) is 1. The Morgan fingerprint density at radius 3 is 2.30 bits per heavy atom. The predicted octanol–water partition coefficient (Wildman–Crippen LogP) is 4.34. The zero-order valence-electron chi connectivity index (χ0n) is 18.4. The van der Waals surface area contributed by atoms with Gasteiger partial charge in [0.25, 0.3) is 5.91 Å². The van der Waals surface area contributed by atoms with Crippen LogP contribution < -0.4 is 5.14 Å². The number of ether oxygens (including phenoxy) is 1. The van der Waals surface area contributed by atoms with Crippen LogP contribution in [0.5, 0.6) is 0 Å². The van der Waals surface area contributed by atoms with Crippen LogP contribution in [-0.4, -0.2) is 49.5 Å². The first-order valence-corrected chi connectivity index (χ1v) is 13.1. The first-order valence-electron chi connectivity index (χ1n) is 10.4. The van der Waals surface area contributed by atoms with Gasteiger partial charge in [0.2, 0.25) is 10.0 Å². The van der Waals surface area contributed by atoms with Crippen LogP contribution in [0, 0.1) is 6.92 Å². The summed E-state index contributed by atoms with van der Waals surface area (Å²) in [5, 5.41) is 6.28. The van der Waals surface area contributed by atoms with Crippen LogP contribution in [0.1, 0.15) is 29.2 Å². The fourth-order valence-electron chi connectivity index (χ4n) is 4.00. The minimum atomic E-state index is -3.83. The quantitative estimate of drug-likeness (QED) is 0.568. The molecule has 174 valence electrons. The molecule has 7 nitrogen and oxygen atoms in total. The highest BCUT2D eigenvalue weighted by Crippen LogP contribution is 2.39. The second kappa shape index (κ2) is 9.15. The first-order chi connectivity index (χ1) is 15.5. The van der Waals surface area contributed by atoms with Crippen LogP contribution in [0.15, 0.2) is 47.4 Å². The zero-order valence-corrected chi connectivity index (χ0v) is 20.8. The molecule has 0 spiro atoms. The van der Waals surface area contributed by atoms with Crippen LogP contribution in [0.3, 0.4) is 0 Å². The summed E-state index contributed by atoms with van der Waals surface area (Å²) in [5.74, 6) is -0.152. The highest BCUT2D eigenvalue weighted by molar-refractivity contribution is 7.89. The van der Waals surface area contributed by atoms with Gasteiger partial charge in [0.1, 0.15) is 0 Å². The molecule has 0 bridgehead atoms. The number of rotatable bonds is 4. The number of morpholine rings is 1. The van der Waals surface area contributed by atoms with Gasteiger partial charge in [-0.05, 0) is 56.2 Å². The van der Waals surface area contributed by atoms with E-state index in [-0.39, 0.29) is 23.0 Å². The molecule has 33 heavy (non-hydrogen) atoms. The van der Waals surface area contributed by atoms with E-state index in [1.165, 1.54) is 17.4 Å². The van der Waals surface area contributed by atoms with Crippen LogP contribution in [0.2, 0.25) is 5.02 Å². The largest absolute Gasteiger partial charge is 0.372 e. The number of carbonyl (C=O) groups excluding carboxylic acids is 1. The Labute approximate surface area is 202 Å². The Balaban J connectivity index is 1.80. The van der Waals surface area contributed by atoms with Gasteiger partial charge in [-0.1, -0.05) is 29.8 Å². The number of carbonyl (C=O) groups is 1. The molecule has 1 saturated heterocycles. The Morgan fingerprint density at radius 2 is 1.73 bits per heavy atom. The molecule has 2 heterocycles. The average molecular weight is 506 g/mol. The Bertz CT molecular complexity index is 1300. The predicted molar refractivity (Wildman–Crippen MR) is 130 cm³/mol. The number of amides is 1. The molecule has 1 amide bonds. The molecule has 0 radical (unpaired) electrons. The standard InChI is InChI=1S/C23H24ClN3O4S2/c1-13-10-17(6-9-19(13)33(25,29)30)21-20(16-4-7-18(24)8-5-16)26-22(32-21)23(28)27-11-14(2)31-15(3)12-27/h4-10,14-15H,11-12H2,1-3H3,(H2,25,29,30)/t14-,15+. The van der Waals surface area contributed by atoms with Crippen molar-refractivity contribution in [2.75, 3.05) is 13.1 Å². The van der Waals surface area contributed by atoms with Crippen LogP contribution in [-0.2, 0) is 14.8 Å². The highest BCUT2D eigenvalue weighted by Gasteiger charge is 2.29. The van der Waals surface area contributed by atoms with Gasteiger partial charge in [-0.3, -0.25) is 4.79 Å². The topological polar surface area (TPSA) is 103 Å². The second-order valence-electron chi connectivity index (χ2n) is 8.20. The summed E-state index contributed by atoms with van der Waals surface area (Å²) >= 11 is 7.34. The molecule has 1 fully saturated rings. The van der Waals surface area contributed by atoms with Gasteiger partial charge in [-0.15, -0.1) is 11.3 Å². The summed E-state index contributed by atoms with van der Waals surface area (Å²) in [5.41, 5.74) is 2.72. The van der Waals surface area contributed by atoms with Crippen molar-refractivity contribution in [3.63, 3.8) is 0 Å². The number of thiazole rings is 1.